The zero-order chi connectivity index (χ0) is 12.1. The molecule has 1 aromatic rings. The summed E-state index contributed by atoms with van der Waals surface area (Å²) in [5.74, 6) is 0.198. The van der Waals surface area contributed by atoms with Gasteiger partial charge in [-0.15, -0.1) is 0 Å². The molecule has 2 bridgehead atoms. The van der Waals surface area contributed by atoms with Crippen LogP contribution in [0.2, 0.25) is 0 Å². The molecule has 0 N–H and O–H groups in total. The van der Waals surface area contributed by atoms with E-state index in [9.17, 15) is 9.59 Å². The van der Waals surface area contributed by atoms with Crippen molar-refractivity contribution in [1.82, 2.24) is 0 Å². The van der Waals surface area contributed by atoms with Gasteiger partial charge in [-0.05, 0) is 6.42 Å². The summed E-state index contributed by atoms with van der Waals surface area (Å²) in [4.78, 5) is 25.4. The number of Topliss-reactive ketones (excluding diaryl/α,β-unsaturated/α-hetero) is 2. The molecular weight excluding hydrogens is 228 g/mol. The van der Waals surface area contributed by atoms with Crippen LogP contribution in [-0.4, -0.2) is 22.8 Å². The van der Waals surface area contributed by atoms with Crippen molar-refractivity contribution in [3.63, 3.8) is 0 Å². The van der Waals surface area contributed by atoms with E-state index >= 15 is 0 Å². The van der Waals surface area contributed by atoms with Crippen LogP contribution in [0, 0.1) is 11.8 Å². The molecule has 1 aromatic carbocycles. The number of ether oxygens (including phenoxy) is 1. The van der Waals surface area contributed by atoms with Gasteiger partial charge >= 0.3 is 0 Å². The van der Waals surface area contributed by atoms with Gasteiger partial charge in [0.05, 0.1) is 0 Å². The third-order valence-corrected chi connectivity index (χ3v) is 5.05. The van der Waals surface area contributed by atoms with Gasteiger partial charge in [-0.1, -0.05) is 36.4 Å². The van der Waals surface area contributed by atoms with Crippen molar-refractivity contribution in [2.45, 2.75) is 17.6 Å². The molecule has 0 radical (unpaired) electrons. The highest BCUT2D eigenvalue weighted by molar-refractivity contribution is 6.26. The van der Waals surface area contributed by atoms with Crippen LogP contribution in [0.4, 0.5) is 0 Å². The lowest BCUT2D eigenvalue weighted by Crippen LogP contribution is -2.47. The molecule has 0 aromatic heterocycles. The maximum Gasteiger partial charge on any atom is 0.199 e. The second-order valence-electron chi connectivity index (χ2n) is 5.61. The van der Waals surface area contributed by atoms with Crippen molar-refractivity contribution >= 4 is 11.6 Å². The number of carbonyl (C=O) groups is 2. The lowest BCUT2D eigenvalue weighted by Gasteiger charge is -2.25. The quantitative estimate of drug-likeness (QED) is 0.511. The SMILES string of the molecule is O=C1c2ccccc2C(=O)[C@@]23O[C@@]12[C@H]1C=C[C@H]3C1. The van der Waals surface area contributed by atoms with Crippen LogP contribution in [0.5, 0.6) is 0 Å². The van der Waals surface area contributed by atoms with E-state index in [1.54, 1.807) is 24.3 Å². The summed E-state index contributed by atoms with van der Waals surface area (Å²) in [7, 11) is 0. The van der Waals surface area contributed by atoms with E-state index < -0.39 is 11.2 Å². The van der Waals surface area contributed by atoms with Crippen LogP contribution in [0.1, 0.15) is 27.1 Å². The zero-order valence-electron chi connectivity index (χ0n) is 9.55. The molecule has 5 rings (SSSR count). The number of epoxide rings is 1. The van der Waals surface area contributed by atoms with Gasteiger partial charge in [0.2, 0.25) is 0 Å². The standard InChI is InChI=1S/C15H10O3/c16-12-10-3-1-2-4-11(10)13(17)15-9-6-5-8(7-9)14(12,15)18-15/h1-6,8-9H,7H2/t8-,9-,14-,15+/m0/s1. The minimum Gasteiger partial charge on any atom is -0.344 e. The van der Waals surface area contributed by atoms with Gasteiger partial charge in [0.25, 0.3) is 0 Å². The first kappa shape index (κ1) is 9.22. The van der Waals surface area contributed by atoms with Gasteiger partial charge in [0.1, 0.15) is 0 Å². The Labute approximate surface area is 103 Å². The number of hydrogen-bond donors (Lipinski definition) is 0. The monoisotopic (exact) mass is 238 g/mol. The van der Waals surface area contributed by atoms with Crippen molar-refractivity contribution in [3.05, 3.63) is 47.5 Å². The zero-order valence-corrected chi connectivity index (χ0v) is 9.55. The van der Waals surface area contributed by atoms with Crippen LogP contribution in [-0.2, 0) is 4.74 Å². The fourth-order valence-electron chi connectivity index (χ4n) is 4.28. The molecule has 2 fully saturated rings. The third-order valence-electron chi connectivity index (χ3n) is 5.05. The smallest absolute Gasteiger partial charge is 0.199 e. The molecular formula is C15H10O3. The molecule has 1 saturated carbocycles. The molecule has 3 nitrogen and oxygen atoms in total. The summed E-state index contributed by atoms with van der Waals surface area (Å²) in [5, 5.41) is 0. The Kier molecular flexibility index (Phi) is 1.21. The highest BCUT2D eigenvalue weighted by Crippen LogP contribution is 2.72. The first-order valence-corrected chi connectivity index (χ1v) is 6.29. The number of fused-ring (bicyclic) bond motifs is 3. The second kappa shape index (κ2) is 2.36. The number of rotatable bonds is 0. The van der Waals surface area contributed by atoms with Gasteiger partial charge in [-0.25, -0.2) is 0 Å². The molecule has 0 amide bonds. The minimum absolute atomic E-state index is 0.00884. The molecule has 0 unspecified atom stereocenters. The molecule has 3 aliphatic carbocycles. The van der Waals surface area contributed by atoms with E-state index in [0.717, 1.165) is 6.42 Å². The largest absolute Gasteiger partial charge is 0.344 e. The van der Waals surface area contributed by atoms with Gasteiger partial charge < -0.3 is 4.74 Å². The maximum atomic E-state index is 12.7. The number of carbonyl (C=O) groups excluding carboxylic acids is 2. The number of benzene rings is 1. The summed E-state index contributed by atoms with van der Waals surface area (Å²) in [5.41, 5.74) is -0.622. The van der Waals surface area contributed by atoms with Gasteiger partial charge in [0, 0.05) is 23.0 Å². The highest BCUT2D eigenvalue weighted by Gasteiger charge is 2.89. The Balaban J connectivity index is 1.86. The van der Waals surface area contributed by atoms with Crippen molar-refractivity contribution in [3.8, 4) is 0 Å². The van der Waals surface area contributed by atoms with Crippen molar-refractivity contribution < 1.29 is 14.3 Å². The molecule has 3 heteroatoms. The average Bonchev–Trinajstić information content (AvgIpc) is 2.82. The summed E-state index contributed by atoms with van der Waals surface area (Å²) < 4.78 is 5.82. The fraction of sp³-hybridized carbons (Fsp3) is 0.333. The van der Waals surface area contributed by atoms with Crippen molar-refractivity contribution in [2.24, 2.45) is 11.8 Å². The number of hydrogen-bond acceptors (Lipinski definition) is 3. The molecule has 0 spiro atoms. The van der Waals surface area contributed by atoms with E-state index in [-0.39, 0.29) is 23.4 Å². The predicted octanol–water partition coefficient (Wildman–Crippen LogP) is 1.78. The Morgan fingerprint density at radius 3 is 1.94 bits per heavy atom. The molecule has 88 valence electrons. The van der Waals surface area contributed by atoms with Crippen LogP contribution in [0.3, 0.4) is 0 Å². The topological polar surface area (TPSA) is 46.7 Å². The number of ketones is 2. The van der Waals surface area contributed by atoms with Crippen LogP contribution >= 0.6 is 0 Å². The van der Waals surface area contributed by atoms with Gasteiger partial charge in [0.15, 0.2) is 22.8 Å². The van der Waals surface area contributed by atoms with Crippen molar-refractivity contribution in [1.29, 1.82) is 0 Å². The van der Waals surface area contributed by atoms with Crippen LogP contribution in [0.25, 0.3) is 0 Å². The maximum absolute atomic E-state index is 12.7. The van der Waals surface area contributed by atoms with E-state index in [1.165, 1.54) is 0 Å². The Hall–Kier alpha value is -1.74. The second-order valence-corrected chi connectivity index (χ2v) is 5.61. The first-order valence-electron chi connectivity index (χ1n) is 6.29. The Bertz CT molecular complexity index is 619. The summed E-state index contributed by atoms with van der Waals surface area (Å²) >= 11 is 0. The molecule has 1 heterocycles. The van der Waals surface area contributed by atoms with Crippen LogP contribution < -0.4 is 0 Å². The van der Waals surface area contributed by atoms with E-state index in [0.29, 0.717) is 11.1 Å². The average molecular weight is 238 g/mol. The molecule has 4 atom stereocenters. The summed E-state index contributed by atoms with van der Waals surface area (Å²) in [6.45, 7) is 0. The fourth-order valence-corrected chi connectivity index (χ4v) is 4.28. The molecule has 18 heavy (non-hydrogen) atoms. The summed E-state index contributed by atoms with van der Waals surface area (Å²) in [6, 6.07) is 7.09. The lowest BCUT2D eigenvalue weighted by atomic mass is 9.69. The molecule has 1 aliphatic heterocycles. The van der Waals surface area contributed by atoms with Gasteiger partial charge in [-0.2, -0.15) is 0 Å². The minimum atomic E-state index is -0.849. The van der Waals surface area contributed by atoms with Gasteiger partial charge in [-0.3, -0.25) is 9.59 Å². The normalized spacial score (nSPS) is 45.8. The molecule has 1 saturated heterocycles. The van der Waals surface area contributed by atoms with E-state index in [2.05, 4.69) is 12.2 Å². The predicted molar refractivity (Wildman–Crippen MR) is 62.4 cm³/mol. The lowest BCUT2D eigenvalue weighted by molar-refractivity contribution is 0.0811. The highest BCUT2D eigenvalue weighted by atomic mass is 16.6. The van der Waals surface area contributed by atoms with Crippen LogP contribution in [0.15, 0.2) is 36.4 Å². The summed E-state index contributed by atoms with van der Waals surface area (Å²) in [6.07, 6.45) is 4.98. The van der Waals surface area contributed by atoms with E-state index in [1.807, 2.05) is 0 Å². The molecule has 4 aliphatic rings. The first-order chi connectivity index (χ1) is 8.72. The van der Waals surface area contributed by atoms with E-state index in [4.69, 9.17) is 4.74 Å². The van der Waals surface area contributed by atoms with Crippen molar-refractivity contribution in [2.75, 3.05) is 0 Å². The Morgan fingerprint density at radius 2 is 1.44 bits per heavy atom. The third kappa shape index (κ3) is 0.627. The Morgan fingerprint density at radius 1 is 0.944 bits per heavy atom.